The van der Waals surface area contributed by atoms with Crippen molar-refractivity contribution in [2.75, 3.05) is 13.2 Å². The van der Waals surface area contributed by atoms with Gasteiger partial charge in [0.1, 0.15) is 30.5 Å². The molecule has 0 aromatic heterocycles. The average Bonchev–Trinajstić information content (AvgIpc) is 3.05. The Bertz CT molecular complexity index is 952. The molecule has 0 aromatic rings. The van der Waals surface area contributed by atoms with Crippen LogP contribution >= 0.6 is 0 Å². The molecule has 0 aromatic carbocycles. The number of amides is 1. The van der Waals surface area contributed by atoms with Crippen LogP contribution in [0.1, 0.15) is 136 Å². The summed E-state index contributed by atoms with van der Waals surface area (Å²) in [7, 11) is -5.10. The molecule has 1 aliphatic rings. The molecule has 0 aliphatic carbocycles. The van der Waals surface area contributed by atoms with E-state index < -0.39 is 78.5 Å². The zero-order valence-electron chi connectivity index (χ0n) is 29.2. The fourth-order valence-electron chi connectivity index (χ4n) is 5.68. The standard InChI is InChI=1S/C34H65NO12S/c1-3-5-7-9-11-13-15-17-19-21-23-28(38)33(41)35-26(27(37)22-20-18-16-14-12-10-8-6-4-2)25-45-34-31(40)32(47-48(42,43)44)30(39)29(24-36)46-34/h9,11,26-32,34,36-40H,3-8,10,12-25H2,1-2H3,(H,35,41)(H,42,43,44)/b11-9-. The minimum atomic E-state index is -5.10. The molecule has 0 bridgehead atoms. The Morgan fingerprint density at radius 3 is 1.94 bits per heavy atom. The van der Waals surface area contributed by atoms with Gasteiger partial charge in [-0.15, -0.1) is 0 Å². The SMILES string of the molecule is CCCC/C=C\CCCCCCC(O)C(=O)NC(COC1OC(CO)C(O)C(OS(=O)(=O)O)C1O)C(O)CCCCCCCCCCC. The Morgan fingerprint density at radius 2 is 1.35 bits per heavy atom. The lowest BCUT2D eigenvalue weighted by Gasteiger charge is -2.41. The molecule has 13 nitrogen and oxygen atoms in total. The molecule has 8 unspecified atom stereocenters. The monoisotopic (exact) mass is 711 g/mol. The Balaban J connectivity index is 2.73. The van der Waals surface area contributed by atoms with Gasteiger partial charge in [-0.1, -0.05) is 116 Å². The molecule has 284 valence electrons. The van der Waals surface area contributed by atoms with Gasteiger partial charge in [0.05, 0.1) is 25.4 Å². The zero-order chi connectivity index (χ0) is 35.8. The fraction of sp³-hybridized carbons (Fsp3) is 0.912. The van der Waals surface area contributed by atoms with E-state index in [-0.39, 0.29) is 6.42 Å². The maximum absolute atomic E-state index is 12.9. The van der Waals surface area contributed by atoms with Gasteiger partial charge in [0.15, 0.2) is 6.29 Å². The highest BCUT2D eigenvalue weighted by Gasteiger charge is 2.48. The number of rotatable bonds is 29. The van der Waals surface area contributed by atoms with E-state index in [9.17, 15) is 38.7 Å². The molecule has 48 heavy (non-hydrogen) atoms. The first-order valence-corrected chi connectivity index (χ1v) is 19.5. The van der Waals surface area contributed by atoms with Crippen LogP contribution in [-0.2, 0) is 28.9 Å². The molecule has 7 N–H and O–H groups in total. The molecular weight excluding hydrogens is 646 g/mol. The number of aliphatic hydroxyl groups is 5. The second-order valence-corrected chi connectivity index (χ2v) is 14.0. The molecule has 0 spiro atoms. The van der Waals surface area contributed by atoms with Gasteiger partial charge >= 0.3 is 10.4 Å². The zero-order valence-corrected chi connectivity index (χ0v) is 30.0. The summed E-state index contributed by atoms with van der Waals surface area (Å²) in [6.07, 6.45) is 11.6. The first-order chi connectivity index (χ1) is 22.9. The highest BCUT2D eigenvalue weighted by molar-refractivity contribution is 7.80. The van der Waals surface area contributed by atoms with Crippen molar-refractivity contribution in [2.45, 2.75) is 185 Å². The molecule has 1 amide bonds. The lowest BCUT2D eigenvalue weighted by Crippen LogP contribution is -2.61. The third-order valence-electron chi connectivity index (χ3n) is 8.68. The Morgan fingerprint density at radius 1 is 0.812 bits per heavy atom. The van der Waals surface area contributed by atoms with E-state index >= 15 is 0 Å². The first-order valence-electron chi connectivity index (χ1n) is 18.2. The van der Waals surface area contributed by atoms with E-state index in [0.717, 1.165) is 51.4 Å². The maximum atomic E-state index is 12.9. The summed E-state index contributed by atoms with van der Waals surface area (Å²) in [5.41, 5.74) is 0. The number of carbonyl (C=O) groups is 1. The summed E-state index contributed by atoms with van der Waals surface area (Å²) in [6.45, 7) is 3.14. The van der Waals surface area contributed by atoms with E-state index in [2.05, 4.69) is 35.5 Å². The number of hydrogen-bond donors (Lipinski definition) is 7. The van der Waals surface area contributed by atoms with Crippen LogP contribution in [0.2, 0.25) is 0 Å². The third kappa shape index (κ3) is 19.9. The highest BCUT2D eigenvalue weighted by Crippen LogP contribution is 2.26. The van der Waals surface area contributed by atoms with Crippen molar-refractivity contribution < 1.29 is 57.0 Å². The molecule has 1 saturated heterocycles. The number of ether oxygens (including phenoxy) is 2. The maximum Gasteiger partial charge on any atom is 0.397 e. The van der Waals surface area contributed by atoms with Gasteiger partial charge in [-0.05, 0) is 32.1 Å². The second-order valence-electron chi connectivity index (χ2n) is 12.9. The summed E-state index contributed by atoms with van der Waals surface area (Å²) in [4.78, 5) is 12.9. The smallest absolute Gasteiger partial charge is 0.394 e. The molecule has 0 radical (unpaired) electrons. The normalized spacial score (nSPS) is 23.7. The van der Waals surface area contributed by atoms with Crippen LogP contribution in [0.3, 0.4) is 0 Å². The third-order valence-corrected chi connectivity index (χ3v) is 9.15. The van der Waals surface area contributed by atoms with E-state index in [1.807, 2.05) is 0 Å². The van der Waals surface area contributed by atoms with Crippen LogP contribution in [0, 0.1) is 0 Å². The van der Waals surface area contributed by atoms with Gasteiger partial charge in [-0.25, -0.2) is 4.18 Å². The molecule has 1 aliphatic heterocycles. The molecule has 14 heteroatoms. The van der Waals surface area contributed by atoms with Crippen LogP contribution in [0.4, 0.5) is 0 Å². The summed E-state index contributed by atoms with van der Waals surface area (Å²) < 4.78 is 47.1. The van der Waals surface area contributed by atoms with Crippen LogP contribution in [0.5, 0.6) is 0 Å². The number of nitrogens with one attached hydrogen (secondary N) is 1. The van der Waals surface area contributed by atoms with Crippen LogP contribution in [-0.4, -0.2) is 107 Å². The lowest BCUT2D eigenvalue weighted by molar-refractivity contribution is -0.298. The summed E-state index contributed by atoms with van der Waals surface area (Å²) >= 11 is 0. The van der Waals surface area contributed by atoms with Gasteiger partial charge in [0.2, 0.25) is 5.91 Å². The van der Waals surface area contributed by atoms with E-state index in [0.29, 0.717) is 19.3 Å². The molecule has 1 fully saturated rings. The minimum absolute atomic E-state index is 0.245. The van der Waals surface area contributed by atoms with Crippen LogP contribution in [0.25, 0.3) is 0 Å². The number of unbranched alkanes of at least 4 members (excludes halogenated alkanes) is 14. The van der Waals surface area contributed by atoms with E-state index in [1.54, 1.807) is 0 Å². The second kappa shape index (κ2) is 26.6. The van der Waals surface area contributed by atoms with Gasteiger partial charge in [-0.2, -0.15) is 8.42 Å². The Hall–Kier alpha value is -1.20. The van der Waals surface area contributed by atoms with Crippen molar-refractivity contribution in [3.63, 3.8) is 0 Å². The Labute approximate surface area is 288 Å². The molecule has 1 rings (SSSR count). The summed E-state index contributed by atoms with van der Waals surface area (Å²) in [5, 5.41) is 54.7. The fourth-order valence-corrected chi connectivity index (χ4v) is 6.19. The van der Waals surface area contributed by atoms with Gasteiger partial charge < -0.3 is 40.3 Å². The van der Waals surface area contributed by atoms with Gasteiger partial charge in [0.25, 0.3) is 0 Å². The van der Waals surface area contributed by atoms with Crippen molar-refractivity contribution >= 4 is 16.3 Å². The summed E-state index contributed by atoms with van der Waals surface area (Å²) in [5.74, 6) is -0.685. The number of hydrogen-bond acceptors (Lipinski definition) is 11. The van der Waals surface area contributed by atoms with Crippen molar-refractivity contribution in [1.29, 1.82) is 0 Å². The highest BCUT2D eigenvalue weighted by atomic mass is 32.3. The molecule has 1 heterocycles. The molecule has 8 atom stereocenters. The van der Waals surface area contributed by atoms with Crippen LogP contribution < -0.4 is 5.32 Å². The Kier molecular flexibility index (Phi) is 24.8. The first kappa shape index (κ1) is 44.8. The number of allylic oxidation sites excluding steroid dienone is 2. The van der Waals surface area contributed by atoms with Crippen molar-refractivity contribution in [3.05, 3.63) is 12.2 Å². The molecule has 0 saturated carbocycles. The minimum Gasteiger partial charge on any atom is -0.394 e. The predicted octanol–water partition coefficient (Wildman–Crippen LogP) is 3.84. The quantitative estimate of drug-likeness (QED) is 0.0335. The van der Waals surface area contributed by atoms with Crippen molar-refractivity contribution in [2.24, 2.45) is 0 Å². The van der Waals surface area contributed by atoms with Crippen molar-refractivity contribution in [1.82, 2.24) is 5.32 Å². The number of carbonyl (C=O) groups excluding carboxylic acids is 1. The lowest BCUT2D eigenvalue weighted by atomic mass is 9.99. The predicted molar refractivity (Wildman–Crippen MR) is 182 cm³/mol. The van der Waals surface area contributed by atoms with E-state index in [4.69, 9.17) is 14.0 Å². The topological polar surface area (TPSA) is 212 Å². The largest absolute Gasteiger partial charge is 0.397 e. The summed E-state index contributed by atoms with van der Waals surface area (Å²) in [6, 6.07) is -1.03. The number of aliphatic hydroxyl groups excluding tert-OH is 5. The van der Waals surface area contributed by atoms with Crippen LogP contribution in [0.15, 0.2) is 12.2 Å². The van der Waals surface area contributed by atoms with Gasteiger partial charge in [-0.3, -0.25) is 9.35 Å². The molecular formula is C34H65NO12S. The van der Waals surface area contributed by atoms with E-state index in [1.165, 1.54) is 44.9 Å². The van der Waals surface area contributed by atoms with Gasteiger partial charge in [0, 0.05) is 0 Å². The average molecular weight is 712 g/mol. The van der Waals surface area contributed by atoms with Crippen molar-refractivity contribution in [3.8, 4) is 0 Å².